The van der Waals surface area contributed by atoms with E-state index in [9.17, 15) is 38.4 Å². The summed E-state index contributed by atoms with van der Waals surface area (Å²) in [7, 11) is 0. The van der Waals surface area contributed by atoms with Crippen molar-refractivity contribution in [2.75, 3.05) is 6.54 Å². The van der Waals surface area contributed by atoms with Crippen molar-refractivity contribution in [3.8, 4) is 11.5 Å². The summed E-state index contributed by atoms with van der Waals surface area (Å²) in [5.41, 5.74) is 0.159. The third-order valence-electron chi connectivity index (χ3n) is 8.65. The molecule has 0 bridgehead atoms. The molecular formula is C37H38F2N6O9. The summed E-state index contributed by atoms with van der Waals surface area (Å²) in [4.78, 5) is 48.9. The summed E-state index contributed by atoms with van der Waals surface area (Å²) in [6.07, 6.45) is 3.86. The number of tetrazole rings is 1. The van der Waals surface area contributed by atoms with Gasteiger partial charge >= 0.3 is 18.0 Å². The van der Waals surface area contributed by atoms with Crippen molar-refractivity contribution < 1.29 is 47.4 Å². The highest BCUT2D eigenvalue weighted by Gasteiger charge is 2.39. The van der Waals surface area contributed by atoms with Gasteiger partial charge in [0.1, 0.15) is 17.6 Å². The van der Waals surface area contributed by atoms with Gasteiger partial charge in [-0.25, -0.2) is 4.79 Å². The number of nitro groups is 1. The Morgan fingerprint density at radius 1 is 0.981 bits per heavy atom. The van der Waals surface area contributed by atoms with Gasteiger partial charge in [0, 0.05) is 37.1 Å². The average Bonchev–Trinajstić information content (AvgIpc) is 3.77. The molecule has 2 heterocycles. The zero-order valence-corrected chi connectivity index (χ0v) is 29.0. The maximum Gasteiger partial charge on any atom is 0.519 e. The number of hydrogen-bond acceptors (Lipinski definition) is 12. The van der Waals surface area contributed by atoms with Crippen molar-refractivity contribution in [2.24, 2.45) is 0 Å². The van der Waals surface area contributed by atoms with E-state index in [2.05, 4.69) is 15.5 Å². The molecule has 15 nitrogen and oxygen atoms in total. The molecule has 17 heteroatoms. The molecule has 0 spiro atoms. The number of aromatic nitrogens is 4. The SMILES string of the molecule is O=C(Cc1ccc(OC(=O)Oc2ccc([N+](=O)[O-])cc2)cc1)OCn1nnnc1CCCCCCN1C(=O)CC[C@@H]1/C=C/[C@@H](O)C(F)(F)c1ccccc1. The predicted molar refractivity (Wildman–Crippen MR) is 186 cm³/mol. The van der Waals surface area contributed by atoms with Crippen molar-refractivity contribution in [2.45, 2.75) is 76.2 Å². The number of esters is 1. The van der Waals surface area contributed by atoms with Crippen molar-refractivity contribution in [3.05, 3.63) is 118 Å². The molecule has 0 radical (unpaired) electrons. The lowest BCUT2D eigenvalue weighted by Gasteiger charge is -2.24. The fourth-order valence-corrected chi connectivity index (χ4v) is 5.73. The van der Waals surface area contributed by atoms with Crippen LogP contribution in [0.1, 0.15) is 55.5 Å². The number of aliphatic hydroxyl groups excluding tert-OH is 1. The molecule has 4 aromatic rings. The predicted octanol–water partition coefficient (Wildman–Crippen LogP) is 5.71. The second kappa shape index (κ2) is 18.6. The van der Waals surface area contributed by atoms with Crippen LogP contribution in [0.5, 0.6) is 11.5 Å². The van der Waals surface area contributed by atoms with Gasteiger partial charge in [-0.3, -0.25) is 19.7 Å². The number of rotatable bonds is 18. The number of ether oxygens (including phenoxy) is 3. The topological polar surface area (TPSA) is 189 Å². The first kappa shape index (κ1) is 39.1. The minimum atomic E-state index is -3.46. The summed E-state index contributed by atoms with van der Waals surface area (Å²) in [5, 5.41) is 32.5. The molecule has 0 saturated carbocycles. The third kappa shape index (κ3) is 11.0. The molecule has 1 N–H and O–H groups in total. The monoisotopic (exact) mass is 748 g/mol. The second-order valence-corrected chi connectivity index (χ2v) is 12.4. The minimum absolute atomic E-state index is 0.0472. The fourth-order valence-electron chi connectivity index (χ4n) is 5.73. The number of nitrogens with zero attached hydrogens (tertiary/aromatic N) is 6. The van der Waals surface area contributed by atoms with Crippen molar-refractivity contribution >= 4 is 23.7 Å². The van der Waals surface area contributed by atoms with Gasteiger partial charge in [-0.1, -0.05) is 67.5 Å². The molecule has 54 heavy (non-hydrogen) atoms. The largest absolute Gasteiger partial charge is 0.519 e. The van der Waals surface area contributed by atoms with Gasteiger partial charge in [0.2, 0.25) is 5.91 Å². The zero-order valence-electron chi connectivity index (χ0n) is 29.0. The van der Waals surface area contributed by atoms with Crippen LogP contribution in [0.3, 0.4) is 0 Å². The molecule has 1 amide bonds. The van der Waals surface area contributed by atoms with Crippen molar-refractivity contribution in [1.29, 1.82) is 0 Å². The highest BCUT2D eigenvalue weighted by molar-refractivity contribution is 5.79. The molecule has 2 atom stereocenters. The molecule has 1 aliphatic rings. The van der Waals surface area contributed by atoms with Gasteiger partial charge in [0.25, 0.3) is 5.69 Å². The molecule has 1 aliphatic heterocycles. The Bertz CT molecular complexity index is 1910. The Hall–Kier alpha value is -6.10. The van der Waals surface area contributed by atoms with Gasteiger partial charge in [-0.2, -0.15) is 13.5 Å². The molecule has 0 unspecified atom stereocenters. The average molecular weight is 749 g/mol. The zero-order chi connectivity index (χ0) is 38.5. The summed E-state index contributed by atoms with van der Waals surface area (Å²) < 4.78 is 46.2. The highest BCUT2D eigenvalue weighted by atomic mass is 19.3. The number of non-ortho nitro benzene ring substituents is 1. The lowest BCUT2D eigenvalue weighted by molar-refractivity contribution is -0.384. The Morgan fingerprint density at radius 3 is 2.33 bits per heavy atom. The number of aliphatic hydroxyl groups is 1. The quantitative estimate of drug-likeness (QED) is 0.0327. The second-order valence-electron chi connectivity index (χ2n) is 12.4. The lowest BCUT2D eigenvalue weighted by atomic mass is 10.0. The molecule has 1 fully saturated rings. The van der Waals surface area contributed by atoms with E-state index in [-0.39, 0.29) is 47.9 Å². The van der Waals surface area contributed by atoms with Crippen LogP contribution < -0.4 is 9.47 Å². The Balaban J connectivity index is 0.976. The van der Waals surface area contributed by atoms with Crippen LogP contribution in [0.2, 0.25) is 0 Å². The number of amides is 1. The number of benzene rings is 3. The van der Waals surface area contributed by atoms with Gasteiger partial charge in [-0.15, -0.1) is 5.10 Å². The molecular weight excluding hydrogens is 710 g/mol. The Labute approximate surface area is 308 Å². The molecule has 3 aromatic carbocycles. The Morgan fingerprint density at radius 2 is 1.65 bits per heavy atom. The number of unbranched alkanes of at least 4 members (excludes halogenated alkanes) is 3. The van der Waals surface area contributed by atoms with Gasteiger partial charge in [0.05, 0.1) is 17.4 Å². The van der Waals surface area contributed by atoms with Crippen molar-refractivity contribution in [1.82, 2.24) is 25.1 Å². The van der Waals surface area contributed by atoms with E-state index < -0.39 is 29.1 Å². The van der Waals surface area contributed by atoms with Gasteiger partial charge in [0.15, 0.2) is 12.6 Å². The summed E-state index contributed by atoms with van der Waals surface area (Å²) in [5.74, 6) is -3.28. The van der Waals surface area contributed by atoms with Crippen LogP contribution in [-0.2, 0) is 39.8 Å². The normalized spacial score (nSPS) is 15.0. The number of hydrogen-bond donors (Lipinski definition) is 1. The number of likely N-dealkylation sites (tertiary alicyclic amines) is 1. The number of aryl methyl sites for hydroxylation is 1. The van der Waals surface area contributed by atoms with E-state index in [1.165, 1.54) is 71.4 Å². The van der Waals surface area contributed by atoms with Crippen LogP contribution in [0.15, 0.2) is 91.0 Å². The number of nitro benzene ring substituents is 1. The van der Waals surface area contributed by atoms with Gasteiger partial charge in [-0.05, 0) is 59.5 Å². The van der Waals surface area contributed by atoms with Crippen LogP contribution in [-0.4, -0.2) is 71.9 Å². The lowest BCUT2D eigenvalue weighted by Crippen LogP contribution is -2.34. The summed E-state index contributed by atoms with van der Waals surface area (Å²) in [6, 6.07) is 17.8. The molecule has 1 saturated heterocycles. The number of halogens is 2. The number of carbonyl (C=O) groups excluding carboxylic acids is 3. The smallest absolute Gasteiger partial charge is 0.442 e. The van der Waals surface area contributed by atoms with E-state index in [1.807, 2.05) is 0 Å². The molecule has 1 aromatic heterocycles. The van der Waals surface area contributed by atoms with Crippen molar-refractivity contribution in [3.63, 3.8) is 0 Å². The maximum atomic E-state index is 14.7. The van der Waals surface area contributed by atoms with E-state index >= 15 is 0 Å². The van der Waals surface area contributed by atoms with E-state index in [1.54, 1.807) is 23.1 Å². The van der Waals surface area contributed by atoms with Crippen LogP contribution >= 0.6 is 0 Å². The maximum absolute atomic E-state index is 14.7. The van der Waals surface area contributed by atoms with E-state index in [0.717, 1.165) is 25.3 Å². The number of alkyl halides is 2. The Kier molecular flexibility index (Phi) is 13.5. The fraction of sp³-hybridized carbons (Fsp3) is 0.351. The summed E-state index contributed by atoms with van der Waals surface area (Å²) >= 11 is 0. The van der Waals surface area contributed by atoms with Crippen LogP contribution in [0, 0.1) is 10.1 Å². The highest BCUT2D eigenvalue weighted by Crippen LogP contribution is 2.33. The van der Waals surface area contributed by atoms with E-state index in [4.69, 9.17) is 14.2 Å². The first-order valence-electron chi connectivity index (χ1n) is 17.2. The summed E-state index contributed by atoms with van der Waals surface area (Å²) in [6.45, 7) is 0.286. The first-order chi connectivity index (χ1) is 26.0. The minimum Gasteiger partial charge on any atom is -0.442 e. The van der Waals surface area contributed by atoms with Crippen LogP contribution in [0.4, 0.5) is 19.3 Å². The van der Waals surface area contributed by atoms with Gasteiger partial charge < -0.3 is 24.2 Å². The number of carbonyl (C=O) groups is 3. The molecule has 0 aliphatic carbocycles. The first-order valence-corrected chi connectivity index (χ1v) is 17.2. The third-order valence-corrected chi connectivity index (χ3v) is 8.65. The molecule has 284 valence electrons. The van der Waals surface area contributed by atoms with Crippen LogP contribution in [0.25, 0.3) is 0 Å². The van der Waals surface area contributed by atoms with E-state index in [0.29, 0.717) is 43.6 Å². The molecule has 5 rings (SSSR count). The standard InChI is InChI=1S/C37H38F2N6O9/c38-37(39,27-8-4-3-5-9-27)32(46)21-15-28-16-22-34(47)43(28)23-7-2-1-6-10-33-40-41-42-44(33)25-52-35(48)24-26-11-17-30(18-12-26)53-36(49)54-31-19-13-29(14-20-31)45(50)51/h3-5,8-9,11-15,17-21,28,32,46H,1-2,6-7,10,16,22-25H2/b21-15+/t28-,32+/m0/s1.